The van der Waals surface area contributed by atoms with Crippen molar-refractivity contribution in [1.29, 1.82) is 0 Å². The van der Waals surface area contributed by atoms with Crippen molar-refractivity contribution in [1.82, 2.24) is 10.6 Å². The topological polar surface area (TPSA) is 139 Å². The van der Waals surface area contributed by atoms with Gasteiger partial charge in [0.1, 0.15) is 22.5 Å². The summed E-state index contributed by atoms with van der Waals surface area (Å²) in [6.45, 7) is 0.209. The first-order valence-corrected chi connectivity index (χ1v) is 13.5. The number of carbonyl (C=O) groups is 3. The van der Waals surface area contributed by atoms with Crippen LogP contribution in [0.1, 0.15) is 29.9 Å². The minimum absolute atomic E-state index is 0.0582. The third-order valence-corrected chi connectivity index (χ3v) is 7.49. The van der Waals surface area contributed by atoms with Gasteiger partial charge in [0, 0.05) is 18.7 Å². The smallest absolute Gasteiger partial charge is 0.407 e. The number of amides is 2. The summed E-state index contributed by atoms with van der Waals surface area (Å²) >= 11 is 0. The Morgan fingerprint density at radius 2 is 1.66 bits per heavy atom. The largest absolute Gasteiger partial charge is 0.481 e. The summed E-state index contributed by atoms with van der Waals surface area (Å²) in [7, 11) is -3.37. The number of ether oxygens (including phenoxy) is 1. The van der Waals surface area contributed by atoms with E-state index in [4.69, 9.17) is 9.84 Å². The van der Waals surface area contributed by atoms with E-state index in [0.717, 1.165) is 28.5 Å². The minimum atomic E-state index is -3.37. The molecule has 2 aliphatic carbocycles. The van der Waals surface area contributed by atoms with Crippen LogP contribution in [0.5, 0.6) is 0 Å². The molecular formula is C25H28N2O7S. The van der Waals surface area contributed by atoms with Crippen molar-refractivity contribution in [3.05, 3.63) is 59.7 Å². The van der Waals surface area contributed by atoms with Gasteiger partial charge in [-0.25, -0.2) is 13.2 Å². The lowest BCUT2D eigenvalue weighted by Crippen LogP contribution is -2.48. The van der Waals surface area contributed by atoms with Crippen molar-refractivity contribution in [2.75, 3.05) is 25.2 Å². The second-order valence-corrected chi connectivity index (χ2v) is 11.4. The highest BCUT2D eigenvalue weighted by Crippen LogP contribution is 2.44. The summed E-state index contributed by atoms with van der Waals surface area (Å²) in [4.78, 5) is 36.3. The second-order valence-electron chi connectivity index (χ2n) is 9.13. The van der Waals surface area contributed by atoms with Gasteiger partial charge in [0.15, 0.2) is 0 Å². The molecule has 186 valence electrons. The molecule has 0 aliphatic heterocycles. The first-order chi connectivity index (χ1) is 16.6. The number of benzene rings is 2. The monoisotopic (exact) mass is 500 g/mol. The van der Waals surface area contributed by atoms with Gasteiger partial charge in [-0.2, -0.15) is 0 Å². The normalized spacial score (nSPS) is 19.2. The number of carboxylic acids is 1. The van der Waals surface area contributed by atoms with Gasteiger partial charge in [-0.15, -0.1) is 0 Å². The van der Waals surface area contributed by atoms with Crippen LogP contribution in [0.25, 0.3) is 11.1 Å². The van der Waals surface area contributed by atoms with Crippen LogP contribution in [-0.2, 0) is 24.2 Å². The van der Waals surface area contributed by atoms with Crippen molar-refractivity contribution in [3.8, 4) is 11.1 Å². The van der Waals surface area contributed by atoms with E-state index >= 15 is 0 Å². The summed E-state index contributed by atoms with van der Waals surface area (Å²) in [5, 5.41) is 14.1. The van der Waals surface area contributed by atoms with Gasteiger partial charge in [0.2, 0.25) is 5.91 Å². The Balaban J connectivity index is 1.37. The van der Waals surface area contributed by atoms with Crippen LogP contribution in [0.2, 0.25) is 0 Å². The lowest BCUT2D eigenvalue weighted by molar-refractivity contribution is -0.139. The highest BCUT2D eigenvalue weighted by Gasteiger charge is 2.43. The van der Waals surface area contributed by atoms with Crippen molar-refractivity contribution in [2.45, 2.75) is 24.8 Å². The Labute approximate surface area is 203 Å². The maximum atomic E-state index is 12.7. The van der Waals surface area contributed by atoms with E-state index in [1.807, 2.05) is 48.5 Å². The minimum Gasteiger partial charge on any atom is -0.481 e. The maximum Gasteiger partial charge on any atom is 0.407 e. The standard InChI is InChI=1S/C25H28N2O7S/c1-35(32,33)11-10-22(23(28)26-13-15-12-20(15)24(29)30)27-25(31)34-14-21-18-8-4-2-6-16(18)17-7-3-5-9-19(17)21/h2-9,15,20-22H,10-14H2,1H3,(H,26,28)(H,27,31)(H,29,30)/t15-,20-,22?/m0/s1. The lowest BCUT2D eigenvalue weighted by atomic mass is 9.98. The second kappa shape index (κ2) is 10.1. The average molecular weight is 501 g/mol. The van der Waals surface area contributed by atoms with Crippen LogP contribution < -0.4 is 10.6 Å². The quantitative estimate of drug-likeness (QED) is 0.454. The summed E-state index contributed by atoms with van der Waals surface area (Å²) in [5.41, 5.74) is 4.26. The third kappa shape index (κ3) is 6.00. The Bertz CT molecular complexity index is 1200. The fourth-order valence-electron chi connectivity index (χ4n) is 4.51. The molecule has 9 nitrogen and oxygen atoms in total. The molecule has 0 aromatic heterocycles. The van der Waals surface area contributed by atoms with Gasteiger partial charge in [0.05, 0.1) is 11.7 Å². The van der Waals surface area contributed by atoms with Gasteiger partial charge in [0.25, 0.3) is 0 Å². The molecule has 2 aromatic carbocycles. The fraction of sp³-hybridized carbons (Fsp3) is 0.400. The lowest BCUT2D eigenvalue weighted by Gasteiger charge is -2.19. The average Bonchev–Trinajstić information content (AvgIpc) is 3.54. The maximum absolute atomic E-state index is 12.7. The molecule has 0 radical (unpaired) electrons. The van der Waals surface area contributed by atoms with Crippen molar-refractivity contribution >= 4 is 27.8 Å². The predicted molar refractivity (Wildman–Crippen MR) is 129 cm³/mol. The van der Waals surface area contributed by atoms with Crippen LogP contribution in [-0.4, -0.2) is 62.7 Å². The summed E-state index contributed by atoms with van der Waals surface area (Å²) in [6.07, 6.45) is 0.581. The van der Waals surface area contributed by atoms with Gasteiger partial charge < -0.3 is 20.5 Å². The molecule has 10 heteroatoms. The van der Waals surface area contributed by atoms with Gasteiger partial charge >= 0.3 is 12.1 Å². The summed E-state index contributed by atoms with van der Waals surface area (Å²) in [6, 6.07) is 14.7. The number of carboxylic acid groups (broad SMARTS) is 1. The molecule has 2 aromatic rings. The number of rotatable bonds is 10. The molecule has 4 rings (SSSR count). The van der Waals surface area contributed by atoms with E-state index in [-0.39, 0.29) is 37.2 Å². The number of hydrogen-bond acceptors (Lipinski definition) is 6. The molecule has 1 unspecified atom stereocenters. The number of carbonyl (C=O) groups excluding carboxylic acids is 2. The predicted octanol–water partition coefficient (Wildman–Crippen LogP) is 2.17. The first-order valence-electron chi connectivity index (χ1n) is 11.4. The number of fused-ring (bicyclic) bond motifs is 3. The Hall–Kier alpha value is -3.40. The first kappa shape index (κ1) is 24.7. The highest BCUT2D eigenvalue weighted by atomic mass is 32.2. The third-order valence-electron chi connectivity index (χ3n) is 6.51. The zero-order valence-electron chi connectivity index (χ0n) is 19.3. The molecule has 2 amide bonds. The van der Waals surface area contributed by atoms with Crippen LogP contribution in [0.3, 0.4) is 0 Å². The molecule has 3 N–H and O–H groups in total. The van der Waals surface area contributed by atoms with E-state index in [2.05, 4.69) is 10.6 Å². The van der Waals surface area contributed by atoms with E-state index in [9.17, 15) is 22.8 Å². The summed E-state index contributed by atoms with van der Waals surface area (Å²) in [5.74, 6) is -2.58. The van der Waals surface area contributed by atoms with Gasteiger partial charge in [-0.05, 0) is 41.0 Å². The molecule has 0 bridgehead atoms. The van der Waals surface area contributed by atoms with Crippen LogP contribution in [0, 0.1) is 11.8 Å². The number of sulfone groups is 1. The number of alkyl carbamates (subject to hydrolysis) is 1. The SMILES string of the molecule is CS(=O)(=O)CCC(NC(=O)OCC1c2ccccc2-c2ccccc21)C(=O)NC[C@@H]1C[C@@H]1C(=O)O. The molecule has 3 atom stereocenters. The van der Waals surface area contributed by atoms with Crippen LogP contribution in [0.15, 0.2) is 48.5 Å². The molecule has 2 aliphatic rings. The molecule has 1 fully saturated rings. The molecule has 0 heterocycles. The van der Waals surface area contributed by atoms with Crippen molar-refractivity contribution < 1.29 is 32.6 Å². The van der Waals surface area contributed by atoms with E-state index < -0.39 is 39.8 Å². The van der Waals surface area contributed by atoms with Crippen LogP contribution in [0.4, 0.5) is 4.79 Å². The molecule has 35 heavy (non-hydrogen) atoms. The van der Waals surface area contributed by atoms with Crippen molar-refractivity contribution in [3.63, 3.8) is 0 Å². The fourth-order valence-corrected chi connectivity index (χ4v) is 5.18. The molecule has 1 saturated carbocycles. The Morgan fingerprint density at radius 1 is 1.06 bits per heavy atom. The number of hydrogen-bond donors (Lipinski definition) is 3. The van der Waals surface area contributed by atoms with Gasteiger partial charge in [-0.3, -0.25) is 9.59 Å². The summed E-state index contributed by atoms with van der Waals surface area (Å²) < 4.78 is 28.7. The highest BCUT2D eigenvalue weighted by molar-refractivity contribution is 7.90. The zero-order chi connectivity index (χ0) is 25.2. The van der Waals surface area contributed by atoms with Crippen LogP contribution >= 0.6 is 0 Å². The molecule has 0 saturated heterocycles. The van der Waals surface area contributed by atoms with Gasteiger partial charge in [-0.1, -0.05) is 48.5 Å². The van der Waals surface area contributed by atoms with E-state index in [1.54, 1.807) is 0 Å². The molecular weight excluding hydrogens is 472 g/mol. The number of aliphatic carboxylic acids is 1. The van der Waals surface area contributed by atoms with Crippen molar-refractivity contribution in [2.24, 2.45) is 11.8 Å². The van der Waals surface area contributed by atoms with E-state index in [0.29, 0.717) is 6.42 Å². The van der Waals surface area contributed by atoms with E-state index in [1.165, 1.54) is 0 Å². The zero-order valence-corrected chi connectivity index (χ0v) is 20.1. The number of nitrogens with one attached hydrogen (secondary N) is 2. The molecule has 0 spiro atoms. The Kier molecular flexibility index (Phi) is 7.11. The Morgan fingerprint density at radius 3 is 2.20 bits per heavy atom.